The molecule has 4 heteroatoms. The predicted octanol–water partition coefficient (Wildman–Crippen LogP) is 3.88. The van der Waals surface area contributed by atoms with E-state index in [9.17, 15) is 13.2 Å². The van der Waals surface area contributed by atoms with E-state index in [4.69, 9.17) is 4.74 Å². The largest absolute Gasteiger partial charge is 0.490 e. The molecule has 1 fully saturated rings. The smallest absolute Gasteiger partial charge is 0.416 e. The van der Waals surface area contributed by atoms with Gasteiger partial charge in [0.15, 0.2) is 0 Å². The second kappa shape index (κ2) is 4.00. The van der Waals surface area contributed by atoms with Crippen LogP contribution >= 0.6 is 0 Å². The maximum Gasteiger partial charge on any atom is 0.416 e. The first-order chi connectivity index (χ1) is 7.47. The van der Waals surface area contributed by atoms with Crippen LogP contribution in [0.15, 0.2) is 24.3 Å². The van der Waals surface area contributed by atoms with Crippen LogP contribution < -0.4 is 4.74 Å². The van der Waals surface area contributed by atoms with Crippen LogP contribution in [0, 0.1) is 5.92 Å². The minimum atomic E-state index is -4.30. The molecule has 1 aliphatic rings. The third-order valence-corrected chi connectivity index (χ3v) is 2.99. The molecule has 1 aromatic rings. The Bertz CT molecular complexity index is 373. The highest BCUT2D eigenvalue weighted by molar-refractivity contribution is 5.30. The van der Waals surface area contributed by atoms with Crippen molar-refractivity contribution >= 4 is 0 Å². The second-order valence-electron chi connectivity index (χ2n) is 4.24. The van der Waals surface area contributed by atoms with Crippen LogP contribution in [0.1, 0.15) is 25.3 Å². The van der Waals surface area contributed by atoms with Crippen molar-refractivity contribution in [3.05, 3.63) is 29.8 Å². The molecule has 1 saturated carbocycles. The van der Waals surface area contributed by atoms with Crippen molar-refractivity contribution < 1.29 is 17.9 Å². The van der Waals surface area contributed by atoms with Gasteiger partial charge in [-0.3, -0.25) is 0 Å². The topological polar surface area (TPSA) is 9.23 Å². The summed E-state index contributed by atoms with van der Waals surface area (Å²) < 4.78 is 42.8. The zero-order valence-corrected chi connectivity index (χ0v) is 8.92. The van der Waals surface area contributed by atoms with E-state index >= 15 is 0 Å². The molecule has 88 valence electrons. The van der Waals surface area contributed by atoms with E-state index in [1.54, 1.807) is 6.07 Å². The van der Waals surface area contributed by atoms with Gasteiger partial charge in [-0.25, -0.2) is 0 Å². The monoisotopic (exact) mass is 230 g/mol. The Balaban J connectivity index is 2.10. The van der Waals surface area contributed by atoms with Crippen molar-refractivity contribution in [3.63, 3.8) is 0 Å². The number of hydrogen-bond donors (Lipinski definition) is 0. The first-order valence-corrected chi connectivity index (χ1v) is 5.31. The molecule has 0 spiro atoms. The van der Waals surface area contributed by atoms with Gasteiger partial charge in [0.05, 0.1) is 5.56 Å². The zero-order valence-electron chi connectivity index (χ0n) is 8.92. The normalized spacial score (nSPS) is 25.0. The Morgan fingerprint density at radius 2 is 2.00 bits per heavy atom. The Hall–Kier alpha value is -1.19. The van der Waals surface area contributed by atoms with E-state index in [0.717, 1.165) is 25.0 Å². The summed E-state index contributed by atoms with van der Waals surface area (Å²) in [5.41, 5.74) is -0.656. The van der Waals surface area contributed by atoms with Gasteiger partial charge in [-0.1, -0.05) is 13.0 Å². The van der Waals surface area contributed by atoms with Gasteiger partial charge in [-0.2, -0.15) is 13.2 Å². The van der Waals surface area contributed by atoms with Gasteiger partial charge in [0.2, 0.25) is 0 Å². The lowest BCUT2D eigenvalue weighted by atomic mass is 9.83. The lowest BCUT2D eigenvalue weighted by Crippen LogP contribution is -2.34. The standard InChI is InChI=1S/C12H13F3O/c1-8-5-6-11(8)16-10-4-2-3-9(7-10)12(13,14)15/h2-4,7-8,11H,5-6H2,1H3/t8-,11-/m1/s1. The van der Waals surface area contributed by atoms with Gasteiger partial charge in [0, 0.05) is 0 Å². The van der Waals surface area contributed by atoms with Crippen molar-refractivity contribution in [2.24, 2.45) is 5.92 Å². The Labute approximate surface area is 92.2 Å². The summed E-state index contributed by atoms with van der Waals surface area (Å²) in [7, 11) is 0. The van der Waals surface area contributed by atoms with Crippen LogP contribution in [0.5, 0.6) is 5.75 Å². The third-order valence-electron chi connectivity index (χ3n) is 2.99. The number of hydrogen-bond acceptors (Lipinski definition) is 1. The summed E-state index contributed by atoms with van der Waals surface area (Å²) in [6.07, 6.45) is -2.21. The molecule has 0 aliphatic heterocycles. The highest BCUT2D eigenvalue weighted by atomic mass is 19.4. The Morgan fingerprint density at radius 3 is 2.50 bits per heavy atom. The minimum Gasteiger partial charge on any atom is -0.490 e. The van der Waals surface area contributed by atoms with Crippen molar-refractivity contribution in [1.29, 1.82) is 0 Å². The summed E-state index contributed by atoms with van der Waals surface area (Å²) >= 11 is 0. The Morgan fingerprint density at radius 1 is 1.25 bits per heavy atom. The highest BCUT2D eigenvalue weighted by Crippen LogP contribution is 2.34. The molecule has 0 aromatic heterocycles. The molecule has 2 atom stereocenters. The zero-order chi connectivity index (χ0) is 11.8. The van der Waals surface area contributed by atoms with Crippen LogP contribution in [0.3, 0.4) is 0 Å². The molecule has 2 rings (SSSR count). The van der Waals surface area contributed by atoms with Gasteiger partial charge in [-0.15, -0.1) is 0 Å². The van der Waals surface area contributed by atoms with E-state index < -0.39 is 11.7 Å². The number of benzene rings is 1. The molecule has 0 N–H and O–H groups in total. The number of rotatable bonds is 2. The van der Waals surface area contributed by atoms with E-state index in [1.807, 2.05) is 6.92 Å². The fraction of sp³-hybridized carbons (Fsp3) is 0.500. The number of ether oxygens (including phenoxy) is 1. The number of halogens is 3. The average Bonchev–Trinajstić information content (AvgIpc) is 2.23. The van der Waals surface area contributed by atoms with Crippen molar-refractivity contribution in [2.45, 2.75) is 32.0 Å². The summed E-state index contributed by atoms with van der Waals surface area (Å²) in [5.74, 6) is 0.751. The SMILES string of the molecule is C[C@@H]1CC[C@H]1Oc1cccc(C(F)(F)F)c1. The fourth-order valence-corrected chi connectivity index (χ4v) is 1.73. The van der Waals surface area contributed by atoms with Gasteiger partial charge >= 0.3 is 6.18 Å². The first-order valence-electron chi connectivity index (χ1n) is 5.31. The molecule has 1 aromatic carbocycles. The maximum absolute atomic E-state index is 12.4. The number of alkyl halides is 3. The summed E-state index contributed by atoms with van der Waals surface area (Å²) in [4.78, 5) is 0. The molecule has 0 saturated heterocycles. The molecular weight excluding hydrogens is 217 g/mol. The fourth-order valence-electron chi connectivity index (χ4n) is 1.73. The third kappa shape index (κ3) is 2.31. The highest BCUT2D eigenvalue weighted by Gasteiger charge is 2.32. The van der Waals surface area contributed by atoms with Gasteiger partial charge in [-0.05, 0) is 37.0 Å². The molecule has 1 aliphatic carbocycles. The van der Waals surface area contributed by atoms with E-state index in [2.05, 4.69) is 0 Å². The van der Waals surface area contributed by atoms with Crippen molar-refractivity contribution in [2.75, 3.05) is 0 Å². The average molecular weight is 230 g/mol. The van der Waals surface area contributed by atoms with Crippen molar-refractivity contribution in [3.8, 4) is 5.75 Å². The summed E-state index contributed by atoms with van der Waals surface area (Å²) in [6, 6.07) is 5.06. The summed E-state index contributed by atoms with van der Waals surface area (Å²) in [6.45, 7) is 2.04. The molecule has 0 heterocycles. The van der Waals surface area contributed by atoms with E-state index in [1.165, 1.54) is 6.07 Å². The molecule has 1 nitrogen and oxygen atoms in total. The van der Waals surface area contributed by atoms with Crippen molar-refractivity contribution in [1.82, 2.24) is 0 Å². The van der Waals surface area contributed by atoms with Crippen LogP contribution in [0.25, 0.3) is 0 Å². The summed E-state index contributed by atoms with van der Waals surface area (Å²) in [5, 5.41) is 0. The first kappa shape index (κ1) is 11.3. The van der Waals surface area contributed by atoms with Gasteiger partial charge in [0.25, 0.3) is 0 Å². The minimum absolute atomic E-state index is 0.0727. The Kier molecular flexibility index (Phi) is 2.82. The maximum atomic E-state index is 12.4. The van der Waals surface area contributed by atoms with Gasteiger partial charge in [0.1, 0.15) is 11.9 Å². The molecule has 0 bridgehead atoms. The molecule has 0 radical (unpaired) electrons. The molecule has 16 heavy (non-hydrogen) atoms. The molecule has 0 unspecified atom stereocenters. The van der Waals surface area contributed by atoms with Crippen LogP contribution in [0.2, 0.25) is 0 Å². The van der Waals surface area contributed by atoms with E-state index in [0.29, 0.717) is 11.7 Å². The quantitative estimate of drug-likeness (QED) is 0.749. The van der Waals surface area contributed by atoms with Gasteiger partial charge < -0.3 is 4.74 Å². The predicted molar refractivity (Wildman–Crippen MR) is 54.3 cm³/mol. The molecule has 0 amide bonds. The lowest BCUT2D eigenvalue weighted by Gasteiger charge is -2.34. The van der Waals surface area contributed by atoms with E-state index in [-0.39, 0.29) is 6.10 Å². The van der Waals surface area contributed by atoms with Crippen LogP contribution in [0.4, 0.5) is 13.2 Å². The van der Waals surface area contributed by atoms with Crippen LogP contribution in [-0.2, 0) is 6.18 Å². The lowest BCUT2D eigenvalue weighted by molar-refractivity contribution is -0.137. The molecular formula is C12H13F3O. The van der Waals surface area contributed by atoms with Crippen LogP contribution in [-0.4, -0.2) is 6.10 Å². The second-order valence-corrected chi connectivity index (χ2v) is 4.24.